The number of hydrogen-bond donors (Lipinski definition) is 0. The number of hydrogen-bond acceptors (Lipinski definition) is 3. The standard InChI is InChI=1S/C27H28FN3O2/c1-30(2)26(33)27(14-6-16-31(19-27)25(32)22-7-5-15-29-18-22)17-20-10-12-21(13-11-20)23-8-3-4-9-24(23)28/h3-5,7-13,15,18H,6,14,16-17,19H2,1-2H3. The van der Waals surface area contributed by atoms with Gasteiger partial charge in [-0.3, -0.25) is 14.6 Å². The highest BCUT2D eigenvalue weighted by Gasteiger charge is 2.44. The molecule has 4 rings (SSSR count). The first-order chi connectivity index (χ1) is 15.9. The molecule has 0 bridgehead atoms. The van der Waals surface area contributed by atoms with E-state index in [-0.39, 0.29) is 17.6 Å². The van der Waals surface area contributed by atoms with E-state index in [9.17, 15) is 14.0 Å². The molecule has 0 N–H and O–H groups in total. The predicted octanol–water partition coefficient (Wildman–Crippen LogP) is 4.44. The molecule has 6 heteroatoms. The SMILES string of the molecule is CN(C)C(=O)C1(Cc2ccc(-c3ccccc3F)cc2)CCCN(C(=O)c2cccnc2)C1. The number of amides is 2. The molecule has 1 atom stereocenters. The van der Waals surface area contributed by atoms with Gasteiger partial charge in [0.25, 0.3) is 5.91 Å². The van der Waals surface area contributed by atoms with Gasteiger partial charge in [-0.15, -0.1) is 0 Å². The van der Waals surface area contributed by atoms with Gasteiger partial charge in [-0.1, -0.05) is 42.5 Å². The Hall–Kier alpha value is -3.54. The van der Waals surface area contributed by atoms with Gasteiger partial charge in [0.15, 0.2) is 0 Å². The van der Waals surface area contributed by atoms with E-state index in [0.29, 0.717) is 37.1 Å². The zero-order chi connectivity index (χ0) is 23.4. The van der Waals surface area contributed by atoms with Crippen LogP contribution in [0.2, 0.25) is 0 Å². The number of pyridine rings is 1. The fourth-order valence-corrected chi connectivity index (χ4v) is 4.73. The maximum Gasteiger partial charge on any atom is 0.255 e. The summed E-state index contributed by atoms with van der Waals surface area (Å²) in [5.74, 6) is -0.348. The molecular weight excluding hydrogens is 417 g/mol. The molecule has 1 aliphatic rings. The van der Waals surface area contributed by atoms with Crippen molar-refractivity contribution in [2.24, 2.45) is 5.41 Å². The quantitative estimate of drug-likeness (QED) is 0.583. The van der Waals surface area contributed by atoms with Gasteiger partial charge in [-0.2, -0.15) is 0 Å². The predicted molar refractivity (Wildman–Crippen MR) is 126 cm³/mol. The van der Waals surface area contributed by atoms with E-state index in [4.69, 9.17) is 0 Å². The molecule has 3 aromatic rings. The Bertz CT molecular complexity index is 1130. The lowest BCUT2D eigenvalue weighted by Gasteiger charge is -2.43. The summed E-state index contributed by atoms with van der Waals surface area (Å²) in [4.78, 5) is 33.9. The summed E-state index contributed by atoms with van der Waals surface area (Å²) in [6.07, 6.45) is 5.17. The summed E-state index contributed by atoms with van der Waals surface area (Å²) in [5.41, 5.74) is 2.15. The lowest BCUT2D eigenvalue weighted by molar-refractivity contribution is -0.142. The van der Waals surface area contributed by atoms with Crippen LogP contribution in [-0.4, -0.2) is 53.8 Å². The van der Waals surface area contributed by atoms with E-state index in [0.717, 1.165) is 17.5 Å². The number of nitrogens with zero attached hydrogens (tertiary/aromatic N) is 3. The zero-order valence-electron chi connectivity index (χ0n) is 19.0. The van der Waals surface area contributed by atoms with E-state index >= 15 is 0 Å². The van der Waals surface area contributed by atoms with Crippen molar-refractivity contribution in [3.8, 4) is 11.1 Å². The second-order valence-corrected chi connectivity index (χ2v) is 8.91. The molecule has 0 spiro atoms. The third kappa shape index (κ3) is 4.80. The lowest BCUT2D eigenvalue weighted by atomic mass is 9.73. The van der Waals surface area contributed by atoms with Crippen LogP contribution in [0.5, 0.6) is 0 Å². The van der Waals surface area contributed by atoms with Crippen molar-refractivity contribution >= 4 is 11.8 Å². The molecule has 1 fully saturated rings. The summed E-state index contributed by atoms with van der Waals surface area (Å²) in [7, 11) is 3.51. The topological polar surface area (TPSA) is 53.5 Å². The summed E-state index contributed by atoms with van der Waals surface area (Å²) in [5, 5.41) is 0. The highest BCUT2D eigenvalue weighted by Crippen LogP contribution is 2.36. The van der Waals surface area contributed by atoms with Crippen LogP contribution in [0.25, 0.3) is 11.1 Å². The van der Waals surface area contributed by atoms with Crippen LogP contribution >= 0.6 is 0 Å². The van der Waals surface area contributed by atoms with Crippen LogP contribution in [-0.2, 0) is 11.2 Å². The number of benzene rings is 2. The maximum atomic E-state index is 14.2. The summed E-state index contributed by atoms with van der Waals surface area (Å²) in [6, 6.07) is 17.9. The number of rotatable bonds is 5. The van der Waals surface area contributed by atoms with Crippen molar-refractivity contribution < 1.29 is 14.0 Å². The van der Waals surface area contributed by atoms with Crippen molar-refractivity contribution in [3.05, 3.63) is 90.0 Å². The molecule has 1 saturated heterocycles. The molecule has 2 amide bonds. The molecule has 1 aromatic heterocycles. The molecule has 1 aliphatic heterocycles. The minimum atomic E-state index is -0.709. The zero-order valence-corrected chi connectivity index (χ0v) is 19.0. The van der Waals surface area contributed by atoms with Crippen molar-refractivity contribution in [2.75, 3.05) is 27.2 Å². The van der Waals surface area contributed by atoms with Crippen molar-refractivity contribution in [1.29, 1.82) is 0 Å². The second-order valence-electron chi connectivity index (χ2n) is 8.91. The van der Waals surface area contributed by atoms with Gasteiger partial charge in [-0.25, -0.2) is 4.39 Å². The average Bonchev–Trinajstić information content (AvgIpc) is 2.84. The number of halogens is 1. The third-order valence-electron chi connectivity index (χ3n) is 6.31. The Balaban J connectivity index is 1.60. The molecular formula is C27H28FN3O2. The lowest BCUT2D eigenvalue weighted by Crippen LogP contribution is -2.54. The number of carbonyl (C=O) groups excluding carboxylic acids is 2. The fourth-order valence-electron chi connectivity index (χ4n) is 4.73. The Morgan fingerprint density at radius 1 is 1.06 bits per heavy atom. The first kappa shape index (κ1) is 22.6. The molecule has 0 saturated carbocycles. The molecule has 5 nitrogen and oxygen atoms in total. The monoisotopic (exact) mass is 445 g/mol. The fraction of sp³-hybridized carbons (Fsp3) is 0.296. The molecule has 170 valence electrons. The normalized spacial score (nSPS) is 18.1. The van der Waals surface area contributed by atoms with Crippen LogP contribution in [0.3, 0.4) is 0 Å². The first-order valence-corrected chi connectivity index (χ1v) is 11.1. The van der Waals surface area contributed by atoms with Gasteiger partial charge in [0, 0.05) is 45.1 Å². The van der Waals surface area contributed by atoms with Crippen molar-refractivity contribution in [2.45, 2.75) is 19.3 Å². The Morgan fingerprint density at radius 2 is 1.82 bits per heavy atom. The van der Waals surface area contributed by atoms with E-state index in [2.05, 4.69) is 4.98 Å². The number of aromatic nitrogens is 1. The van der Waals surface area contributed by atoms with E-state index in [1.165, 1.54) is 6.07 Å². The van der Waals surface area contributed by atoms with E-state index in [1.54, 1.807) is 60.6 Å². The average molecular weight is 446 g/mol. The Kier molecular flexibility index (Phi) is 6.54. The van der Waals surface area contributed by atoms with Gasteiger partial charge in [0.1, 0.15) is 5.82 Å². The van der Waals surface area contributed by atoms with Gasteiger partial charge in [0.05, 0.1) is 11.0 Å². The van der Waals surface area contributed by atoms with Gasteiger partial charge < -0.3 is 9.80 Å². The summed E-state index contributed by atoms with van der Waals surface area (Å²) < 4.78 is 14.2. The van der Waals surface area contributed by atoms with Gasteiger partial charge >= 0.3 is 0 Å². The van der Waals surface area contributed by atoms with Gasteiger partial charge in [-0.05, 0) is 48.6 Å². The van der Waals surface area contributed by atoms with Crippen molar-refractivity contribution in [1.82, 2.24) is 14.8 Å². The smallest absolute Gasteiger partial charge is 0.255 e. The molecule has 1 unspecified atom stereocenters. The Morgan fingerprint density at radius 3 is 2.48 bits per heavy atom. The minimum Gasteiger partial charge on any atom is -0.348 e. The minimum absolute atomic E-state index is 0.0179. The van der Waals surface area contributed by atoms with E-state index < -0.39 is 5.41 Å². The van der Waals surface area contributed by atoms with Crippen LogP contribution in [0.15, 0.2) is 73.1 Å². The number of carbonyl (C=O) groups is 2. The number of piperidine rings is 1. The summed E-state index contributed by atoms with van der Waals surface area (Å²) in [6.45, 7) is 0.967. The van der Waals surface area contributed by atoms with Gasteiger partial charge in [0.2, 0.25) is 5.91 Å². The highest BCUT2D eigenvalue weighted by molar-refractivity contribution is 5.94. The Labute approximate surface area is 193 Å². The number of likely N-dealkylation sites (tertiary alicyclic amines) is 1. The van der Waals surface area contributed by atoms with Crippen LogP contribution in [0.4, 0.5) is 4.39 Å². The van der Waals surface area contributed by atoms with Crippen molar-refractivity contribution in [3.63, 3.8) is 0 Å². The maximum absolute atomic E-state index is 14.2. The van der Waals surface area contributed by atoms with Crippen LogP contribution in [0.1, 0.15) is 28.8 Å². The molecule has 0 aliphatic carbocycles. The van der Waals surface area contributed by atoms with Crippen LogP contribution in [0, 0.1) is 11.2 Å². The second kappa shape index (κ2) is 9.53. The highest BCUT2D eigenvalue weighted by atomic mass is 19.1. The molecule has 2 heterocycles. The largest absolute Gasteiger partial charge is 0.348 e. The molecule has 2 aromatic carbocycles. The third-order valence-corrected chi connectivity index (χ3v) is 6.31. The first-order valence-electron chi connectivity index (χ1n) is 11.1. The van der Waals surface area contributed by atoms with E-state index in [1.807, 2.05) is 30.3 Å². The molecule has 0 radical (unpaired) electrons. The van der Waals surface area contributed by atoms with Crippen LogP contribution < -0.4 is 0 Å². The molecule has 33 heavy (non-hydrogen) atoms. The summed E-state index contributed by atoms with van der Waals surface area (Å²) >= 11 is 0.